The molecule has 0 amide bonds. The van der Waals surface area contributed by atoms with E-state index in [-0.39, 0.29) is 41.5 Å². The number of ether oxygens (including phenoxy) is 1. The Kier molecular flexibility index (Phi) is 3.68. The van der Waals surface area contributed by atoms with Crippen LogP contribution < -0.4 is 5.56 Å². The maximum absolute atomic E-state index is 12.6. The quantitative estimate of drug-likeness (QED) is 0.660. The van der Waals surface area contributed by atoms with Crippen LogP contribution in [-0.4, -0.2) is 32.3 Å². The minimum absolute atomic E-state index is 0.0507. The fourth-order valence-corrected chi connectivity index (χ4v) is 2.25. The highest BCUT2D eigenvalue weighted by atomic mass is 16.5. The minimum atomic E-state index is -0.617. The summed E-state index contributed by atoms with van der Waals surface area (Å²) < 4.78 is 16.9. The number of hydrogen-bond donors (Lipinski definition) is 0. The molecule has 0 unspecified atom stereocenters. The van der Waals surface area contributed by atoms with Crippen molar-refractivity contribution in [2.75, 3.05) is 6.61 Å². The van der Waals surface area contributed by atoms with Crippen LogP contribution in [0.3, 0.4) is 0 Å². The van der Waals surface area contributed by atoms with Crippen molar-refractivity contribution in [1.29, 1.82) is 0 Å². The Bertz CT molecular complexity index is 936. The predicted molar refractivity (Wildman–Crippen MR) is 77.1 cm³/mol. The number of esters is 1. The highest BCUT2D eigenvalue weighted by Gasteiger charge is 2.24. The molecule has 3 rings (SSSR count). The molecule has 3 aromatic rings. The van der Waals surface area contributed by atoms with Gasteiger partial charge >= 0.3 is 5.97 Å². The fraction of sp³-hybridized carbons (Fsp3) is 0.357. The third kappa shape index (κ3) is 2.60. The van der Waals surface area contributed by atoms with Gasteiger partial charge in [0.05, 0.1) is 6.61 Å². The number of fused-ring (bicyclic) bond motifs is 1. The van der Waals surface area contributed by atoms with Crippen molar-refractivity contribution >= 4 is 17.1 Å². The third-order valence-electron chi connectivity index (χ3n) is 3.21. The molecule has 9 heteroatoms. The Morgan fingerprint density at radius 3 is 2.74 bits per heavy atom. The minimum Gasteiger partial charge on any atom is -0.462 e. The monoisotopic (exact) mass is 318 g/mol. The summed E-state index contributed by atoms with van der Waals surface area (Å²) in [6.45, 7) is 5.16. The van der Waals surface area contributed by atoms with Crippen molar-refractivity contribution in [3.05, 3.63) is 39.8 Å². The first-order chi connectivity index (χ1) is 11.0. The van der Waals surface area contributed by atoms with Crippen LogP contribution in [0.1, 0.15) is 34.8 Å². The van der Waals surface area contributed by atoms with E-state index < -0.39 is 11.5 Å². The molecule has 9 nitrogen and oxygen atoms in total. The summed E-state index contributed by atoms with van der Waals surface area (Å²) in [4.78, 5) is 28.8. The first-order valence-electron chi connectivity index (χ1n) is 6.96. The average Bonchev–Trinajstić information content (AvgIpc) is 3.05. The number of hydrogen-bond acceptors (Lipinski definition) is 8. The Hall–Kier alpha value is -2.97. The molecule has 0 fully saturated rings. The third-order valence-corrected chi connectivity index (χ3v) is 3.21. The predicted octanol–water partition coefficient (Wildman–Crippen LogP) is 1.21. The lowest BCUT2D eigenvalue weighted by molar-refractivity contribution is 0.0526. The molecular weight excluding hydrogens is 304 g/mol. The van der Waals surface area contributed by atoms with Gasteiger partial charge < -0.3 is 13.6 Å². The number of aryl methyl sites for hydroxylation is 2. The molecule has 0 saturated carbocycles. The topological polar surface area (TPSA) is 113 Å². The van der Waals surface area contributed by atoms with Gasteiger partial charge in [-0.1, -0.05) is 0 Å². The maximum atomic E-state index is 12.6. The maximum Gasteiger partial charge on any atom is 0.342 e. The highest BCUT2D eigenvalue weighted by molar-refractivity contribution is 6.03. The van der Waals surface area contributed by atoms with E-state index in [1.54, 1.807) is 20.8 Å². The van der Waals surface area contributed by atoms with Gasteiger partial charge in [-0.05, 0) is 13.8 Å². The van der Waals surface area contributed by atoms with Crippen molar-refractivity contribution in [2.45, 2.75) is 27.3 Å². The molecule has 0 aliphatic heterocycles. The van der Waals surface area contributed by atoms with E-state index in [1.807, 2.05) is 0 Å². The molecule has 0 aliphatic carbocycles. The number of carbonyl (C=O) groups is 1. The van der Waals surface area contributed by atoms with E-state index in [4.69, 9.17) is 13.6 Å². The van der Waals surface area contributed by atoms with Crippen LogP contribution in [0.25, 0.3) is 11.1 Å². The van der Waals surface area contributed by atoms with E-state index in [2.05, 4.69) is 15.2 Å². The summed E-state index contributed by atoms with van der Waals surface area (Å²) in [7, 11) is 0. The zero-order valence-corrected chi connectivity index (χ0v) is 12.8. The van der Waals surface area contributed by atoms with Gasteiger partial charge in [0.2, 0.25) is 17.5 Å². The Morgan fingerprint density at radius 2 is 2.09 bits per heavy atom. The van der Waals surface area contributed by atoms with Crippen molar-refractivity contribution in [3.8, 4) is 0 Å². The van der Waals surface area contributed by atoms with E-state index in [0.29, 0.717) is 5.89 Å². The molecule has 0 aliphatic rings. The lowest BCUT2D eigenvalue weighted by atomic mass is 10.2. The lowest BCUT2D eigenvalue weighted by Crippen LogP contribution is -2.22. The normalized spacial score (nSPS) is 11.1. The molecule has 120 valence electrons. The van der Waals surface area contributed by atoms with Gasteiger partial charge in [-0.2, -0.15) is 0 Å². The molecule has 0 bridgehead atoms. The molecule has 3 heterocycles. The van der Waals surface area contributed by atoms with E-state index >= 15 is 0 Å². The lowest BCUT2D eigenvalue weighted by Gasteiger charge is -2.02. The van der Waals surface area contributed by atoms with E-state index in [1.165, 1.54) is 10.9 Å². The van der Waals surface area contributed by atoms with Crippen LogP contribution in [-0.2, 0) is 11.3 Å². The smallest absolute Gasteiger partial charge is 0.342 e. The van der Waals surface area contributed by atoms with Crippen molar-refractivity contribution in [2.24, 2.45) is 0 Å². The second kappa shape index (κ2) is 5.67. The summed E-state index contributed by atoms with van der Waals surface area (Å²) in [5.74, 6) is 0.334. The molecule has 0 atom stereocenters. The molecule has 23 heavy (non-hydrogen) atoms. The zero-order valence-electron chi connectivity index (χ0n) is 12.8. The van der Waals surface area contributed by atoms with Crippen molar-refractivity contribution in [3.63, 3.8) is 0 Å². The van der Waals surface area contributed by atoms with Crippen LogP contribution in [0.4, 0.5) is 0 Å². The van der Waals surface area contributed by atoms with Gasteiger partial charge in [-0.25, -0.2) is 9.78 Å². The SMILES string of the molecule is CCOC(=O)c1c(C)oc2ncn(Cc3nnc(C)o3)c(=O)c12. The Balaban J connectivity index is 2.12. The van der Waals surface area contributed by atoms with Crippen LogP contribution in [0.2, 0.25) is 0 Å². The largest absolute Gasteiger partial charge is 0.462 e. The summed E-state index contributed by atoms with van der Waals surface area (Å²) in [6.07, 6.45) is 1.31. The summed E-state index contributed by atoms with van der Waals surface area (Å²) in [5, 5.41) is 7.62. The van der Waals surface area contributed by atoms with Gasteiger partial charge in [0, 0.05) is 6.92 Å². The number of furan rings is 1. The molecule has 0 saturated heterocycles. The molecule has 0 radical (unpaired) electrons. The molecule has 0 aromatic carbocycles. The molecular formula is C14H14N4O5. The van der Waals surface area contributed by atoms with Gasteiger partial charge in [0.1, 0.15) is 29.6 Å². The second-order valence-electron chi connectivity index (χ2n) is 4.83. The number of nitrogens with zero attached hydrogens (tertiary/aromatic N) is 4. The van der Waals surface area contributed by atoms with Gasteiger partial charge in [0.25, 0.3) is 5.56 Å². The summed E-state index contributed by atoms with van der Waals surface area (Å²) in [6, 6.07) is 0. The van der Waals surface area contributed by atoms with Gasteiger partial charge in [-0.3, -0.25) is 9.36 Å². The van der Waals surface area contributed by atoms with Gasteiger partial charge in [-0.15, -0.1) is 10.2 Å². The molecule has 0 N–H and O–H groups in total. The Morgan fingerprint density at radius 1 is 1.30 bits per heavy atom. The number of aromatic nitrogens is 4. The van der Waals surface area contributed by atoms with Crippen LogP contribution in [0.15, 0.2) is 20.0 Å². The summed E-state index contributed by atoms with van der Waals surface area (Å²) in [5.41, 5.74) is -0.255. The van der Waals surface area contributed by atoms with Crippen LogP contribution >= 0.6 is 0 Å². The van der Waals surface area contributed by atoms with Crippen molar-refractivity contribution in [1.82, 2.24) is 19.7 Å². The average molecular weight is 318 g/mol. The molecule has 0 spiro atoms. The highest BCUT2D eigenvalue weighted by Crippen LogP contribution is 2.21. The molecule has 3 aromatic heterocycles. The standard InChI is InChI=1S/C14H14N4O5/c1-4-21-14(20)10-7(2)22-12-11(10)13(19)18(6-15-12)5-9-17-16-8(3)23-9/h6H,4-5H2,1-3H3. The zero-order chi connectivity index (χ0) is 16.6. The Labute approximate surface area is 129 Å². The van der Waals surface area contributed by atoms with Gasteiger partial charge in [0.15, 0.2) is 0 Å². The first kappa shape index (κ1) is 14.9. The first-order valence-corrected chi connectivity index (χ1v) is 6.96. The second-order valence-corrected chi connectivity index (χ2v) is 4.83. The fourth-order valence-electron chi connectivity index (χ4n) is 2.25. The van der Waals surface area contributed by atoms with E-state index in [9.17, 15) is 9.59 Å². The number of carbonyl (C=O) groups excluding carboxylic acids is 1. The van der Waals surface area contributed by atoms with Crippen LogP contribution in [0, 0.1) is 13.8 Å². The van der Waals surface area contributed by atoms with E-state index in [0.717, 1.165) is 0 Å². The number of rotatable bonds is 4. The van der Waals surface area contributed by atoms with Crippen LogP contribution in [0.5, 0.6) is 0 Å². The van der Waals surface area contributed by atoms with Crippen molar-refractivity contribution < 1.29 is 18.4 Å². The summed E-state index contributed by atoms with van der Waals surface area (Å²) >= 11 is 0.